The lowest BCUT2D eigenvalue weighted by Crippen LogP contribution is -2.42. The lowest BCUT2D eigenvalue weighted by atomic mass is 10.1. The number of nitrogens with zero attached hydrogens (tertiary/aromatic N) is 2. The van der Waals surface area contributed by atoms with Crippen LogP contribution < -0.4 is 15.4 Å². The molecule has 0 bridgehead atoms. The molecule has 0 aromatic carbocycles. The maximum absolute atomic E-state index is 10.00. The first-order chi connectivity index (χ1) is 8.86. The molecule has 1 atom stereocenters. The molecule has 0 saturated carbocycles. The number of nitrogens with two attached hydrogens (primary N) is 1. The van der Waals surface area contributed by atoms with Gasteiger partial charge < -0.3 is 15.6 Å². The molecule has 0 saturated heterocycles. The predicted octanol–water partition coefficient (Wildman–Crippen LogP) is 0.222. The van der Waals surface area contributed by atoms with Crippen LogP contribution in [0.3, 0.4) is 0 Å². The second-order valence-corrected chi connectivity index (χ2v) is 5.23. The molecule has 5 heteroatoms. The summed E-state index contributed by atoms with van der Waals surface area (Å²) < 4.78 is 4.28. The molecular formula is C14H27N3O2. The van der Waals surface area contributed by atoms with Gasteiger partial charge in [-0.15, -0.1) is 0 Å². The van der Waals surface area contributed by atoms with Crippen molar-refractivity contribution in [1.29, 1.82) is 0 Å². The smallest absolute Gasteiger partial charge is 0.243 e. The van der Waals surface area contributed by atoms with Crippen LogP contribution in [0.5, 0.6) is 0 Å². The lowest BCUT2D eigenvalue weighted by molar-refractivity contribution is -0.671. The minimum Gasteiger partial charge on any atom is -0.548 e. The second kappa shape index (κ2) is 9.55. The second-order valence-electron chi connectivity index (χ2n) is 5.23. The number of aryl methyl sites for hydroxylation is 2. The van der Waals surface area contributed by atoms with Crippen molar-refractivity contribution in [3.63, 3.8) is 0 Å². The van der Waals surface area contributed by atoms with Gasteiger partial charge in [0.2, 0.25) is 6.33 Å². The van der Waals surface area contributed by atoms with Gasteiger partial charge in [0, 0.05) is 6.04 Å². The third-order valence-corrected chi connectivity index (χ3v) is 2.62. The van der Waals surface area contributed by atoms with Crippen LogP contribution in [-0.2, 0) is 18.4 Å². The summed E-state index contributed by atoms with van der Waals surface area (Å²) >= 11 is 0. The predicted molar refractivity (Wildman–Crippen MR) is 73.0 cm³/mol. The van der Waals surface area contributed by atoms with E-state index in [2.05, 4.69) is 34.8 Å². The highest BCUT2D eigenvalue weighted by molar-refractivity contribution is 5.70. The van der Waals surface area contributed by atoms with Crippen LogP contribution >= 0.6 is 0 Å². The van der Waals surface area contributed by atoms with Crippen molar-refractivity contribution in [3.05, 3.63) is 18.7 Å². The fourth-order valence-electron chi connectivity index (χ4n) is 1.58. The topological polar surface area (TPSA) is 75.0 Å². The molecule has 19 heavy (non-hydrogen) atoms. The Bertz CT molecular complexity index is 361. The quantitative estimate of drug-likeness (QED) is 0.751. The van der Waals surface area contributed by atoms with Gasteiger partial charge >= 0.3 is 0 Å². The highest BCUT2D eigenvalue weighted by atomic mass is 16.4. The molecule has 0 aliphatic rings. The molecule has 0 spiro atoms. The number of unbranched alkanes of at least 4 members (excludes halogenated alkanes) is 1. The lowest BCUT2D eigenvalue weighted by Gasteiger charge is -2.13. The van der Waals surface area contributed by atoms with E-state index in [1.807, 2.05) is 20.9 Å². The Morgan fingerprint density at radius 2 is 2.11 bits per heavy atom. The number of rotatable bonds is 6. The van der Waals surface area contributed by atoms with Crippen molar-refractivity contribution in [2.45, 2.75) is 52.6 Å². The van der Waals surface area contributed by atoms with E-state index in [-0.39, 0.29) is 0 Å². The number of aliphatic carboxylic acids is 1. The molecule has 2 N–H and O–H groups in total. The Morgan fingerprint density at radius 1 is 1.47 bits per heavy atom. The van der Waals surface area contributed by atoms with E-state index in [0.717, 1.165) is 6.54 Å². The van der Waals surface area contributed by atoms with E-state index in [1.165, 1.54) is 12.8 Å². The maximum atomic E-state index is 10.00. The van der Waals surface area contributed by atoms with Crippen molar-refractivity contribution >= 4 is 5.97 Å². The highest BCUT2D eigenvalue weighted by Crippen LogP contribution is 2.00. The molecule has 0 aliphatic carbocycles. The molecule has 0 amide bonds. The van der Waals surface area contributed by atoms with E-state index in [9.17, 15) is 9.90 Å². The number of carbonyl (C=O) groups is 1. The van der Waals surface area contributed by atoms with Crippen molar-refractivity contribution in [1.82, 2.24) is 4.57 Å². The Hall–Kier alpha value is -1.36. The molecule has 0 fully saturated rings. The Kier molecular flexibility index (Phi) is 8.87. The Morgan fingerprint density at radius 3 is 2.42 bits per heavy atom. The standard InChI is InChI=1S/C8H15N2.C6H13NO2/c1-3-4-5-10-7-6-9(2)8-10;1-4(2)3-5(7)6(8)9/h6-8H,3-5H2,1-2H3;4-5H,3,7H2,1-2H3,(H,8,9)/q+1;/p-1/t;5-/m.0/s1. The minimum absolute atomic E-state index is 0.317. The monoisotopic (exact) mass is 269 g/mol. The van der Waals surface area contributed by atoms with Gasteiger partial charge in [0.25, 0.3) is 0 Å². The molecule has 0 radical (unpaired) electrons. The number of hydrogen-bond acceptors (Lipinski definition) is 3. The van der Waals surface area contributed by atoms with Crippen molar-refractivity contribution in [2.75, 3.05) is 0 Å². The van der Waals surface area contributed by atoms with Crippen LogP contribution in [0, 0.1) is 5.92 Å². The van der Waals surface area contributed by atoms with Gasteiger partial charge in [0.1, 0.15) is 12.4 Å². The first-order valence-electron chi connectivity index (χ1n) is 6.84. The fraction of sp³-hybridized carbons (Fsp3) is 0.714. The van der Waals surface area contributed by atoms with Crippen LogP contribution in [-0.4, -0.2) is 16.6 Å². The van der Waals surface area contributed by atoms with E-state index < -0.39 is 12.0 Å². The zero-order valence-corrected chi connectivity index (χ0v) is 12.5. The molecule has 1 aromatic rings. The first kappa shape index (κ1) is 17.6. The summed E-state index contributed by atoms with van der Waals surface area (Å²) in [5.74, 6) is -0.846. The number of carbonyl (C=O) groups excluding carboxylic acids is 1. The van der Waals surface area contributed by atoms with Crippen LogP contribution in [0.1, 0.15) is 40.0 Å². The summed E-state index contributed by atoms with van der Waals surface area (Å²) in [6, 6.07) is -0.801. The molecule has 1 rings (SSSR count). The van der Waals surface area contributed by atoms with Crippen molar-refractivity contribution < 1.29 is 14.5 Å². The largest absolute Gasteiger partial charge is 0.548 e. The van der Waals surface area contributed by atoms with Crippen molar-refractivity contribution in [3.8, 4) is 0 Å². The summed E-state index contributed by atoms with van der Waals surface area (Å²) in [4.78, 5) is 10.00. The van der Waals surface area contributed by atoms with Crippen LogP contribution in [0.25, 0.3) is 0 Å². The number of hydrogen-bond donors (Lipinski definition) is 1. The number of aromatic nitrogens is 2. The third-order valence-electron chi connectivity index (χ3n) is 2.62. The van der Waals surface area contributed by atoms with E-state index in [0.29, 0.717) is 12.3 Å². The minimum atomic E-state index is -1.16. The van der Waals surface area contributed by atoms with E-state index in [4.69, 9.17) is 5.73 Å². The van der Waals surface area contributed by atoms with Crippen molar-refractivity contribution in [2.24, 2.45) is 18.7 Å². The summed E-state index contributed by atoms with van der Waals surface area (Å²) in [5.41, 5.74) is 5.16. The molecule has 1 heterocycles. The van der Waals surface area contributed by atoms with Gasteiger partial charge in [-0.2, -0.15) is 0 Å². The summed E-state index contributed by atoms with van der Waals surface area (Å²) in [7, 11) is 2.04. The van der Waals surface area contributed by atoms with Crippen LogP contribution in [0.4, 0.5) is 0 Å². The SMILES string of the molecule is CC(C)C[C@H](N)C(=O)[O-].CCCCn1cc[n+](C)c1. The average Bonchev–Trinajstić information content (AvgIpc) is 2.72. The molecule has 110 valence electrons. The van der Waals surface area contributed by atoms with Gasteiger partial charge in [-0.25, -0.2) is 9.13 Å². The maximum Gasteiger partial charge on any atom is 0.243 e. The zero-order chi connectivity index (χ0) is 14.8. The van der Waals surface area contributed by atoms with E-state index >= 15 is 0 Å². The van der Waals surface area contributed by atoms with Gasteiger partial charge in [0.15, 0.2) is 0 Å². The molecule has 0 aliphatic heterocycles. The van der Waals surface area contributed by atoms with E-state index in [1.54, 1.807) is 0 Å². The summed E-state index contributed by atoms with van der Waals surface area (Å²) in [6.07, 6.45) is 9.31. The van der Waals surface area contributed by atoms with Gasteiger partial charge in [-0.3, -0.25) is 0 Å². The normalized spacial score (nSPS) is 11.9. The number of carboxylic acids is 1. The summed E-state index contributed by atoms with van der Waals surface area (Å²) in [5, 5.41) is 10.00. The Balaban J connectivity index is 0.000000344. The van der Waals surface area contributed by atoms with Crippen LogP contribution in [0.2, 0.25) is 0 Å². The fourth-order valence-corrected chi connectivity index (χ4v) is 1.58. The number of carboxylic acid groups (broad SMARTS) is 1. The number of imidazole rings is 1. The molecule has 5 nitrogen and oxygen atoms in total. The molecule has 0 unspecified atom stereocenters. The Labute approximate surface area is 116 Å². The highest BCUT2D eigenvalue weighted by Gasteiger charge is 2.04. The van der Waals surface area contributed by atoms with Gasteiger partial charge in [-0.05, 0) is 18.8 Å². The summed E-state index contributed by atoms with van der Waals surface area (Å²) in [6.45, 7) is 7.20. The first-order valence-corrected chi connectivity index (χ1v) is 6.84. The molecular weight excluding hydrogens is 242 g/mol. The van der Waals surface area contributed by atoms with Crippen LogP contribution in [0.15, 0.2) is 18.7 Å². The zero-order valence-electron chi connectivity index (χ0n) is 12.5. The molecule has 1 aromatic heterocycles. The third kappa shape index (κ3) is 9.25. The average molecular weight is 269 g/mol. The van der Waals surface area contributed by atoms with Gasteiger partial charge in [0.05, 0.1) is 19.6 Å². The van der Waals surface area contributed by atoms with Gasteiger partial charge in [-0.1, -0.05) is 27.2 Å².